The number of hydrogen-bond acceptors (Lipinski definition) is 2. The first kappa shape index (κ1) is 14.1. The minimum Gasteiger partial charge on any atom is -0.303 e. The summed E-state index contributed by atoms with van der Waals surface area (Å²) in [6.45, 7) is 8.64. The molecule has 3 rings (SSSR count). The second-order valence-electron chi connectivity index (χ2n) is 6.90. The van der Waals surface area contributed by atoms with E-state index in [1.54, 1.807) is 0 Å². The highest BCUT2D eigenvalue weighted by molar-refractivity contribution is 7.17. The number of piperidine rings is 1. The van der Waals surface area contributed by atoms with Crippen molar-refractivity contribution in [3.05, 3.63) is 35.2 Å². The van der Waals surface area contributed by atoms with Crippen LogP contribution < -0.4 is 0 Å². The quantitative estimate of drug-likeness (QED) is 0.768. The summed E-state index contributed by atoms with van der Waals surface area (Å²) in [6, 6.07) is 9.02. The molecule has 2 aromatic rings. The predicted molar refractivity (Wildman–Crippen MR) is 89.6 cm³/mol. The van der Waals surface area contributed by atoms with Crippen LogP contribution in [0.3, 0.4) is 0 Å². The van der Waals surface area contributed by atoms with Crippen LogP contribution in [0.4, 0.5) is 0 Å². The van der Waals surface area contributed by atoms with Crippen LogP contribution in [0.1, 0.15) is 38.7 Å². The number of likely N-dealkylation sites (tertiary alicyclic amines) is 1. The van der Waals surface area contributed by atoms with Crippen LogP contribution in [0.15, 0.2) is 29.6 Å². The molecular formula is C18H25NS. The first-order valence-corrected chi connectivity index (χ1v) is 8.69. The standard InChI is InChI=1S/C18H25NS/c1-18(2)10-5-12-19(14-18)11-4-7-15-6-3-8-17-16(15)9-13-20-17/h3,6,8-9,13H,4-5,7,10-12,14H2,1-2H3. The number of rotatable bonds is 4. The summed E-state index contributed by atoms with van der Waals surface area (Å²) in [7, 11) is 0. The molecule has 1 aromatic carbocycles. The fourth-order valence-corrected chi connectivity index (χ4v) is 4.34. The van der Waals surface area contributed by atoms with Gasteiger partial charge in [-0.15, -0.1) is 11.3 Å². The van der Waals surface area contributed by atoms with E-state index in [4.69, 9.17) is 0 Å². The maximum atomic E-state index is 2.66. The molecule has 0 atom stereocenters. The Labute approximate surface area is 126 Å². The smallest absolute Gasteiger partial charge is 0.0345 e. The molecule has 1 saturated heterocycles. The molecule has 1 aromatic heterocycles. The van der Waals surface area contributed by atoms with Gasteiger partial charge >= 0.3 is 0 Å². The van der Waals surface area contributed by atoms with Crippen LogP contribution in [0.2, 0.25) is 0 Å². The van der Waals surface area contributed by atoms with Crippen molar-refractivity contribution in [2.75, 3.05) is 19.6 Å². The van der Waals surface area contributed by atoms with Crippen LogP contribution in [-0.2, 0) is 6.42 Å². The third kappa shape index (κ3) is 3.24. The second kappa shape index (κ2) is 5.87. The van der Waals surface area contributed by atoms with Gasteiger partial charge in [0, 0.05) is 11.2 Å². The van der Waals surface area contributed by atoms with E-state index in [2.05, 4.69) is 48.4 Å². The maximum absolute atomic E-state index is 2.66. The molecule has 0 aliphatic carbocycles. The molecule has 1 nitrogen and oxygen atoms in total. The first-order valence-electron chi connectivity index (χ1n) is 7.82. The Hall–Kier alpha value is -0.860. The Morgan fingerprint density at radius 2 is 2.15 bits per heavy atom. The Morgan fingerprint density at radius 1 is 1.25 bits per heavy atom. The lowest BCUT2D eigenvalue weighted by Crippen LogP contribution is -2.40. The molecule has 1 aliphatic rings. The Kier molecular flexibility index (Phi) is 4.13. The normalized spacial score (nSPS) is 19.5. The molecule has 0 saturated carbocycles. The van der Waals surface area contributed by atoms with Gasteiger partial charge in [0.25, 0.3) is 0 Å². The zero-order chi connectivity index (χ0) is 14.0. The molecule has 2 heteroatoms. The lowest BCUT2D eigenvalue weighted by molar-refractivity contribution is 0.117. The highest BCUT2D eigenvalue weighted by atomic mass is 32.1. The summed E-state index contributed by atoms with van der Waals surface area (Å²) in [5.41, 5.74) is 2.05. The van der Waals surface area contributed by atoms with Gasteiger partial charge in [0.2, 0.25) is 0 Å². The van der Waals surface area contributed by atoms with Gasteiger partial charge in [0.1, 0.15) is 0 Å². The van der Waals surface area contributed by atoms with Crippen LogP contribution in [-0.4, -0.2) is 24.5 Å². The van der Waals surface area contributed by atoms with Gasteiger partial charge < -0.3 is 4.90 Å². The minimum absolute atomic E-state index is 0.519. The van der Waals surface area contributed by atoms with Crippen molar-refractivity contribution >= 4 is 21.4 Å². The molecule has 0 bridgehead atoms. The monoisotopic (exact) mass is 287 g/mol. The summed E-state index contributed by atoms with van der Waals surface area (Å²) in [6.07, 6.45) is 5.25. The molecule has 2 heterocycles. The van der Waals surface area contributed by atoms with Crippen molar-refractivity contribution in [3.8, 4) is 0 Å². The van der Waals surface area contributed by atoms with E-state index in [9.17, 15) is 0 Å². The van der Waals surface area contributed by atoms with Gasteiger partial charge in [-0.05, 0) is 72.7 Å². The molecule has 1 aliphatic heterocycles. The molecule has 108 valence electrons. The summed E-state index contributed by atoms with van der Waals surface area (Å²) in [5, 5.41) is 3.68. The van der Waals surface area contributed by atoms with E-state index in [-0.39, 0.29) is 0 Å². The van der Waals surface area contributed by atoms with Gasteiger partial charge in [-0.3, -0.25) is 0 Å². The number of nitrogens with zero attached hydrogens (tertiary/aromatic N) is 1. The molecule has 20 heavy (non-hydrogen) atoms. The van der Waals surface area contributed by atoms with Gasteiger partial charge in [-0.1, -0.05) is 26.0 Å². The second-order valence-corrected chi connectivity index (χ2v) is 7.84. The number of thiophene rings is 1. The number of hydrogen-bond donors (Lipinski definition) is 0. The SMILES string of the molecule is CC1(C)CCCN(CCCc2cccc3sccc23)C1. The summed E-state index contributed by atoms with van der Waals surface area (Å²) < 4.78 is 1.43. The highest BCUT2D eigenvalue weighted by Gasteiger charge is 2.25. The third-order valence-electron chi connectivity index (χ3n) is 4.49. The maximum Gasteiger partial charge on any atom is 0.0345 e. The van der Waals surface area contributed by atoms with Gasteiger partial charge in [0.15, 0.2) is 0 Å². The molecule has 0 unspecified atom stereocenters. The Bertz CT molecular complexity index is 570. The van der Waals surface area contributed by atoms with E-state index < -0.39 is 0 Å². The molecule has 1 fully saturated rings. The van der Waals surface area contributed by atoms with E-state index in [0.717, 1.165) is 0 Å². The van der Waals surface area contributed by atoms with Crippen molar-refractivity contribution in [3.63, 3.8) is 0 Å². The first-order chi connectivity index (χ1) is 9.64. The molecule has 0 amide bonds. The minimum atomic E-state index is 0.519. The average Bonchev–Trinajstić information content (AvgIpc) is 2.87. The fraction of sp³-hybridized carbons (Fsp3) is 0.556. The summed E-state index contributed by atoms with van der Waals surface area (Å²) >= 11 is 1.85. The zero-order valence-corrected chi connectivity index (χ0v) is 13.5. The van der Waals surface area contributed by atoms with Crippen molar-refractivity contribution in [2.24, 2.45) is 5.41 Å². The van der Waals surface area contributed by atoms with Crippen LogP contribution in [0.25, 0.3) is 10.1 Å². The van der Waals surface area contributed by atoms with Gasteiger partial charge in [-0.2, -0.15) is 0 Å². The van der Waals surface area contributed by atoms with Crippen LogP contribution in [0, 0.1) is 5.41 Å². The predicted octanol–water partition coefficient (Wildman–Crippen LogP) is 4.96. The molecule has 0 radical (unpaired) electrons. The summed E-state index contributed by atoms with van der Waals surface area (Å²) in [5.74, 6) is 0. The van der Waals surface area contributed by atoms with E-state index in [0.29, 0.717) is 5.41 Å². The third-order valence-corrected chi connectivity index (χ3v) is 5.37. The van der Waals surface area contributed by atoms with Crippen molar-refractivity contribution in [2.45, 2.75) is 39.5 Å². The van der Waals surface area contributed by atoms with Gasteiger partial charge in [-0.25, -0.2) is 0 Å². The Balaban J connectivity index is 1.56. The largest absolute Gasteiger partial charge is 0.303 e. The molecule has 0 N–H and O–H groups in total. The van der Waals surface area contributed by atoms with Crippen molar-refractivity contribution in [1.82, 2.24) is 4.90 Å². The lowest BCUT2D eigenvalue weighted by Gasteiger charge is -2.38. The number of aryl methyl sites for hydroxylation is 1. The Morgan fingerprint density at radius 3 is 3.00 bits per heavy atom. The molecule has 0 spiro atoms. The van der Waals surface area contributed by atoms with Crippen LogP contribution >= 0.6 is 11.3 Å². The average molecular weight is 287 g/mol. The lowest BCUT2D eigenvalue weighted by atomic mass is 9.84. The number of benzene rings is 1. The van der Waals surface area contributed by atoms with Gasteiger partial charge in [0.05, 0.1) is 0 Å². The van der Waals surface area contributed by atoms with E-state index in [1.165, 1.54) is 61.0 Å². The zero-order valence-electron chi connectivity index (χ0n) is 12.7. The van der Waals surface area contributed by atoms with Crippen LogP contribution in [0.5, 0.6) is 0 Å². The van der Waals surface area contributed by atoms with Crippen molar-refractivity contribution < 1.29 is 0 Å². The summed E-state index contributed by atoms with van der Waals surface area (Å²) in [4.78, 5) is 2.66. The fourth-order valence-electron chi connectivity index (χ4n) is 3.50. The topological polar surface area (TPSA) is 3.24 Å². The van der Waals surface area contributed by atoms with E-state index >= 15 is 0 Å². The number of fused-ring (bicyclic) bond motifs is 1. The van der Waals surface area contributed by atoms with E-state index in [1.807, 2.05) is 11.3 Å². The molecular weight excluding hydrogens is 262 g/mol. The van der Waals surface area contributed by atoms with Crippen molar-refractivity contribution in [1.29, 1.82) is 0 Å². The highest BCUT2D eigenvalue weighted by Crippen LogP contribution is 2.29.